The van der Waals surface area contributed by atoms with Gasteiger partial charge in [0, 0.05) is 17.7 Å². The molecule has 1 aromatic heterocycles. The van der Waals surface area contributed by atoms with Crippen molar-refractivity contribution in [1.29, 1.82) is 0 Å². The fraction of sp³-hybridized carbons (Fsp3) is 0.167. The van der Waals surface area contributed by atoms with Crippen LogP contribution in [0.2, 0.25) is 10.0 Å². The first-order valence-electron chi connectivity index (χ1n) is 5.24. The van der Waals surface area contributed by atoms with E-state index in [0.717, 1.165) is 11.3 Å². The monoisotopic (exact) mass is 300 g/mol. The van der Waals surface area contributed by atoms with E-state index in [2.05, 4.69) is 9.97 Å². The molecule has 0 fully saturated rings. The van der Waals surface area contributed by atoms with Crippen LogP contribution >= 0.6 is 35.4 Å². The Labute approximate surface area is 119 Å². The fourth-order valence-electron chi connectivity index (χ4n) is 1.71. The summed E-state index contributed by atoms with van der Waals surface area (Å²) in [4.78, 5) is 17.3. The van der Waals surface area contributed by atoms with Gasteiger partial charge in [-0.3, -0.25) is 9.78 Å². The third-order valence-corrected chi connectivity index (χ3v) is 3.72. The zero-order valence-electron chi connectivity index (χ0n) is 9.51. The van der Waals surface area contributed by atoms with Crippen molar-refractivity contribution in [3.8, 4) is 0 Å². The predicted molar refractivity (Wildman–Crippen MR) is 76.3 cm³/mol. The molecular weight excluding hydrogens is 291 g/mol. The first-order valence-corrected chi connectivity index (χ1v) is 6.40. The number of rotatable bonds is 2. The van der Waals surface area contributed by atoms with Gasteiger partial charge in [0.05, 0.1) is 10.0 Å². The lowest BCUT2D eigenvalue weighted by Crippen LogP contribution is -2.16. The summed E-state index contributed by atoms with van der Waals surface area (Å²) >= 11 is 16.9. The van der Waals surface area contributed by atoms with Crippen LogP contribution in [0.4, 0.5) is 0 Å². The molecule has 2 aromatic rings. The summed E-state index contributed by atoms with van der Waals surface area (Å²) in [5, 5.41) is 0.951. The Hall–Kier alpha value is -1.10. The quantitative estimate of drug-likeness (QED) is 0.832. The van der Waals surface area contributed by atoms with Crippen molar-refractivity contribution >= 4 is 35.4 Å². The highest BCUT2D eigenvalue weighted by atomic mass is 35.5. The molecule has 0 saturated carbocycles. The van der Waals surface area contributed by atoms with Crippen molar-refractivity contribution in [3.63, 3.8) is 0 Å². The predicted octanol–water partition coefficient (Wildman–Crippen LogP) is 3.64. The highest BCUT2D eigenvalue weighted by molar-refractivity contribution is 7.71. The Balaban J connectivity index is 2.50. The van der Waals surface area contributed by atoms with Crippen LogP contribution in [0, 0.1) is 11.7 Å². The molecule has 0 atom stereocenters. The minimum absolute atomic E-state index is 0.202. The molecular formula is C12H10Cl2N2OS. The van der Waals surface area contributed by atoms with E-state index in [9.17, 15) is 4.79 Å². The number of H-pyrrole nitrogens is 2. The average molecular weight is 301 g/mol. The van der Waals surface area contributed by atoms with Crippen molar-refractivity contribution in [2.24, 2.45) is 0 Å². The van der Waals surface area contributed by atoms with Crippen molar-refractivity contribution in [3.05, 3.63) is 60.2 Å². The average Bonchev–Trinajstić information content (AvgIpc) is 2.28. The van der Waals surface area contributed by atoms with Gasteiger partial charge in [0.2, 0.25) is 0 Å². The molecule has 94 valence electrons. The molecule has 0 unspecified atom stereocenters. The van der Waals surface area contributed by atoms with Crippen LogP contribution in [0.1, 0.15) is 16.8 Å². The normalized spacial score (nSPS) is 10.6. The van der Waals surface area contributed by atoms with E-state index < -0.39 is 0 Å². The van der Waals surface area contributed by atoms with Crippen LogP contribution in [-0.4, -0.2) is 9.97 Å². The van der Waals surface area contributed by atoms with Gasteiger partial charge in [-0.2, -0.15) is 0 Å². The summed E-state index contributed by atoms with van der Waals surface area (Å²) in [7, 11) is 0. The van der Waals surface area contributed by atoms with Gasteiger partial charge in [0.1, 0.15) is 0 Å². The molecule has 1 aromatic carbocycles. The van der Waals surface area contributed by atoms with E-state index in [4.69, 9.17) is 35.4 Å². The molecule has 0 spiro atoms. The second-order valence-electron chi connectivity index (χ2n) is 3.90. The van der Waals surface area contributed by atoms with E-state index in [1.807, 2.05) is 6.07 Å². The summed E-state index contributed by atoms with van der Waals surface area (Å²) in [5.74, 6) is 0. The minimum atomic E-state index is -0.202. The first kappa shape index (κ1) is 13.3. The molecule has 1 heterocycles. The van der Waals surface area contributed by atoms with Crippen molar-refractivity contribution in [2.45, 2.75) is 13.3 Å². The summed E-state index contributed by atoms with van der Waals surface area (Å²) in [6.07, 6.45) is 0.409. The van der Waals surface area contributed by atoms with Gasteiger partial charge in [-0.25, -0.2) is 0 Å². The van der Waals surface area contributed by atoms with Crippen LogP contribution in [-0.2, 0) is 6.42 Å². The smallest absolute Gasteiger partial charge is 0.255 e. The highest BCUT2D eigenvalue weighted by Gasteiger charge is 2.10. The molecule has 0 aliphatic heterocycles. The minimum Gasteiger partial charge on any atom is -0.336 e. The van der Waals surface area contributed by atoms with Gasteiger partial charge in [-0.1, -0.05) is 35.3 Å². The lowest BCUT2D eigenvalue weighted by Gasteiger charge is -2.07. The van der Waals surface area contributed by atoms with E-state index >= 15 is 0 Å². The Morgan fingerprint density at radius 2 is 2.00 bits per heavy atom. The molecule has 0 aliphatic carbocycles. The SMILES string of the molecule is Cc1[nH]c(=S)[nH]c(=O)c1Cc1cccc(Cl)c1Cl. The van der Waals surface area contributed by atoms with Crippen molar-refractivity contribution in [2.75, 3.05) is 0 Å². The molecule has 0 aliphatic rings. The zero-order chi connectivity index (χ0) is 13.3. The third-order valence-electron chi connectivity index (χ3n) is 2.65. The number of benzene rings is 1. The van der Waals surface area contributed by atoms with Crippen molar-refractivity contribution < 1.29 is 0 Å². The summed E-state index contributed by atoms with van der Waals surface area (Å²) in [6.45, 7) is 1.80. The lowest BCUT2D eigenvalue weighted by molar-refractivity contribution is 0.963. The van der Waals surface area contributed by atoms with Crippen LogP contribution in [0.5, 0.6) is 0 Å². The molecule has 0 amide bonds. The lowest BCUT2D eigenvalue weighted by atomic mass is 10.1. The van der Waals surface area contributed by atoms with Gasteiger partial charge in [0.25, 0.3) is 5.56 Å². The topological polar surface area (TPSA) is 48.6 Å². The number of aromatic amines is 2. The van der Waals surface area contributed by atoms with Gasteiger partial charge < -0.3 is 4.98 Å². The van der Waals surface area contributed by atoms with Gasteiger partial charge in [-0.15, -0.1) is 0 Å². The van der Waals surface area contributed by atoms with E-state index in [1.165, 1.54) is 0 Å². The van der Waals surface area contributed by atoms with Gasteiger partial charge >= 0.3 is 0 Å². The number of nitrogens with one attached hydrogen (secondary N) is 2. The summed E-state index contributed by atoms with van der Waals surface area (Å²) < 4.78 is 0.318. The molecule has 0 saturated heterocycles. The Kier molecular flexibility index (Phi) is 3.90. The zero-order valence-corrected chi connectivity index (χ0v) is 11.8. The molecule has 2 N–H and O–H groups in total. The highest BCUT2D eigenvalue weighted by Crippen LogP contribution is 2.27. The molecule has 2 rings (SSSR count). The van der Waals surface area contributed by atoms with E-state index in [-0.39, 0.29) is 5.56 Å². The number of halogens is 2. The first-order chi connectivity index (χ1) is 8.49. The van der Waals surface area contributed by atoms with Crippen LogP contribution < -0.4 is 5.56 Å². The maximum atomic E-state index is 11.8. The third kappa shape index (κ3) is 2.66. The van der Waals surface area contributed by atoms with Gasteiger partial charge in [0.15, 0.2) is 4.77 Å². The maximum absolute atomic E-state index is 11.8. The van der Waals surface area contributed by atoms with E-state index in [0.29, 0.717) is 26.8 Å². The molecule has 6 heteroatoms. The maximum Gasteiger partial charge on any atom is 0.255 e. The second-order valence-corrected chi connectivity index (χ2v) is 5.09. The fourth-order valence-corrected chi connectivity index (χ4v) is 2.35. The van der Waals surface area contributed by atoms with Gasteiger partial charge in [-0.05, 0) is 30.8 Å². The second kappa shape index (κ2) is 5.26. The number of aromatic nitrogens is 2. The van der Waals surface area contributed by atoms with Crippen LogP contribution in [0.25, 0.3) is 0 Å². The Bertz CT molecular complexity index is 706. The van der Waals surface area contributed by atoms with E-state index in [1.54, 1.807) is 19.1 Å². The standard InChI is InChI=1S/C12H10Cl2N2OS/c1-6-8(11(17)16-12(18)15-6)5-7-3-2-4-9(13)10(7)14/h2-4H,5H2,1H3,(H2,15,16,17,18). The van der Waals surface area contributed by atoms with Crippen LogP contribution in [0.3, 0.4) is 0 Å². The summed E-state index contributed by atoms with van der Waals surface area (Å²) in [5.41, 5.74) is 1.95. The number of hydrogen-bond acceptors (Lipinski definition) is 2. The Morgan fingerprint density at radius 3 is 2.67 bits per heavy atom. The molecule has 3 nitrogen and oxygen atoms in total. The van der Waals surface area contributed by atoms with Crippen molar-refractivity contribution in [1.82, 2.24) is 9.97 Å². The largest absolute Gasteiger partial charge is 0.336 e. The Morgan fingerprint density at radius 1 is 1.28 bits per heavy atom. The summed E-state index contributed by atoms with van der Waals surface area (Å²) in [6, 6.07) is 5.36. The molecule has 0 bridgehead atoms. The van der Waals surface area contributed by atoms with Crippen LogP contribution in [0.15, 0.2) is 23.0 Å². The number of aryl methyl sites for hydroxylation is 1. The number of hydrogen-bond donors (Lipinski definition) is 2. The molecule has 18 heavy (non-hydrogen) atoms. The molecule has 0 radical (unpaired) electrons.